The normalized spacial score (nSPS) is 13.0. The molecular formula is C12H16N2O6S. The third-order valence-corrected chi connectivity index (χ3v) is 4.43. The molecule has 0 aliphatic carbocycles. The van der Waals surface area contributed by atoms with Crippen LogP contribution in [0.2, 0.25) is 0 Å². The molecule has 1 rings (SSSR count). The predicted octanol–water partition coefficient (Wildman–Crippen LogP) is -0.888. The molecular weight excluding hydrogens is 300 g/mol. The molecule has 0 radical (unpaired) electrons. The van der Waals surface area contributed by atoms with Crippen molar-refractivity contribution in [2.45, 2.75) is 11.0 Å². The SMILES string of the molecule is CN(C)S(=O)(=O)c1cccc(C(=O)NC[C@H](O)C(=O)O)c1. The van der Waals surface area contributed by atoms with E-state index in [-0.39, 0.29) is 10.5 Å². The number of rotatable bonds is 6. The number of benzene rings is 1. The number of hydrogen-bond donors (Lipinski definition) is 3. The molecule has 1 aromatic carbocycles. The number of nitrogens with one attached hydrogen (secondary N) is 1. The minimum Gasteiger partial charge on any atom is -0.479 e. The van der Waals surface area contributed by atoms with E-state index in [9.17, 15) is 18.0 Å². The zero-order chi connectivity index (χ0) is 16.2. The third kappa shape index (κ3) is 4.25. The van der Waals surface area contributed by atoms with Gasteiger partial charge in [-0.2, -0.15) is 0 Å². The molecule has 0 aromatic heterocycles. The maximum Gasteiger partial charge on any atom is 0.334 e. The molecule has 116 valence electrons. The number of aliphatic hydroxyl groups excluding tert-OH is 1. The summed E-state index contributed by atoms with van der Waals surface area (Å²) in [6.07, 6.45) is -1.72. The van der Waals surface area contributed by atoms with Gasteiger partial charge in [-0.3, -0.25) is 4.79 Å². The number of aliphatic hydroxyl groups is 1. The van der Waals surface area contributed by atoms with Crippen LogP contribution in [0.5, 0.6) is 0 Å². The molecule has 0 fully saturated rings. The van der Waals surface area contributed by atoms with Crippen LogP contribution >= 0.6 is 0 Å². The lowest BCUT2D eigenvalue weighted by atomic mass is 10.2. The van der Waals surface area contributed by atoms with E-state index in [0.717, 1.165) is 4.31 Å². The van der Waals surface area contributed by atoms with E-state index in [4.69, 9.17) is 10.2 Å². The highest BCUT2D eigenvalue weighted by atomic mass is 32.2. The number of carbonyl (C=O) groups is 2. The summed E-state index contributed by atoms with van der Waals surface area (Å²) in [5.74, 6) is -2.13. The van der Waals surface area contributed by atoms with Crippen molar-refractivity contribution < 1.29 is 28.2 Å². The molecule has 21 heavy (non-hydrogen) atoms. The first-order valence-electron chi connectivity index (χ1n) is 5.88. The van der Waals surface area contributed by atoms with Crippen LogP contribution in [-0.4, -0.2) is 61.6 Å². The summed E-state index contributed by atoms with van der Waals surface area (Å²) in [4.78, 5) is 22.2. The second kappa shape index (κ2) is 6.66. The standard InChI is InChI=1S/C12H16N2O6S/c1-14(2)21(19,20)9-5-3-4-8(6-9)11(16)13-7-10(15)12(17)18/h3-6,10,15H,7H2,1-2H3,(H,13,16)(H,17,18)/t10-/m0/s1. The number of sulfonamides is 1. The van der Waals surface area contributed by atoms with E-state index in [1.807, 2.05) is 0 Å². The average Bonchev–Trinajstić information content (AvgIpc) is 2.44. The number of nitrogens with zero attached hydrogens (tertiary/aromatic N) is 1. The molecule has 1 atom stereocenters. The molecule has 0 saturated heterocycles. The monoisotopic (exact) mass is 316 g/mol. The van der Waals surface area contributed by atoms with Crippen molar-refractivity contribution in [2.75, 3.05) is 20.6 Å². The van der Waals surface area contributed by atoms with Crippen molar-refractivity contribution >= 4 is 21.9 Å². The first kappa shape index (κ1) is 17.1. The van der Waals surface area contributed by atoms with E-state index < -0.39 is 34.5 Å². The largest absolute Gasteiger partial charge is 0.479 e. The summed E-state index contributed by atoms with van der Waals surface area (Å²) in [5.41, 5.74) is 0.0514. The summed E-state index contributed by atoms with van der Waals surface area (Å²) in [5, 5.41) is 19.8. The molecule has 0 bridgehead atoms. The Balaban J connectivity index is 2.91. The first-order chi connectivity index (χ1) is 9.66. The van der Waals surface area contributed by atoms with Crippen LogP contribution in [0.1, 0.15) is 10.4 Å². The zero-order valence-corrected chi connectivity index (χ0v) is 12.3. The average molecular weight is 316 g/mol. The molecule has 0 saturated carbocycles. The summed E-state index contributed by atoms with van der Waals surface area (Å²) >= 11 is 0. The van der Waals surface area contributed by atoms with E-state index in [1.165, 1.54) is 38.4 Å². The van der Waals surface area contributed by atoms with Gasteiger partial charge in [0.25, 0.3) is 5.91 Å². The number of carbonyl (C=O) groups excluding carboxylic acids is 1. The Morgan fingerprint density at radius 3 is 2.48 bits per heavy atom. The minimum atomic E-state index is -3.67. The molecule has 0 aliphatic rings. The lowest BCUT2D eigenvalue weighted by Gasteiger charge is -2.12. The molecule has 1 aromatic rings. The van der Waals surface area contributed by atoms with E-state index >= 15 is 0 Å². The summed E-state index contributed by atoms with van der Waals surface area (Å²) < 4.78 is 24.9. The van der Waals surface area contributed by atoms with Gasteiger partial charge in [-0.1, -0.05) is 6.07 Å². The molecule has 8 nitrogen and oxygen atoms in total. The fourth-order valence-corrected chi connectivity index (χ4v) is 2.34. The lowest BCUT2D eigenvalue weighted by molar-refractivity contribution is -0.146. The molecule has 0 aliphatic heterocycles. The van der Waals surface area contributed by atoms with Gasteiger partial charge in [-0.05, 0) is 18.2 Å². The Morgan fingerprint density at radius 2 is 1.95 bits per heavy atom. The van der Waals surface area contributed by atoms with Gasteiger partial charge in [0.15, 0.2) is 6.10 Å². The second-order valence-corrected chi connectivity index (χ2v) is 6.53. The Bertz CT molecular complexity index is 641. The third-order valence-electron chi connectivity index (χ3n) is 2.62. The van der Waals surface area contributed by atoms with Crippen molar-refractivity contribution in [1.29, 1.82) is 0 Å². The van der Waals surface area contributed by atoms with E-state index in [2.05, 4.69) is 5.32 Å². The predicted molar refractivity (Wildman–Crippen MR) is 73.3 cm³/mol. The van der Waals surface area contributed by atoms with E-state index in [0.29, 0.717) is 0 Å². The Kier molecular flexibility index (Phi) is 5.41. The van der Waals surface area contributed by atoms with Gasteiger partial charge in [0, 0.05) is 19.7 Å². The second-order valence-electron chi connectivity index (χ2n) is 4.38. The smallest absolute Gasteiger partial charge is 0.334 e. The maximum absolute atomic E-state index is 11.9. The maximum atomic E-state index is 11.9. The van der Waals surface area contributed by atoms with Gasteiger partial charge in [0.05, 0.1) is 11.4 Å². The van der Waals surface area contributed by atoms with Gasteiger partial charge in [-0.15, -0.1) is 0 Å². The van der Waals surface area contributed by atoms with Crippen LogP contribution in [0.3, 0.4) is 0 Å². The number of carboxylic acids is 1. The Morgan fingerprint density at radius 1 is 1.33 bits per heavy atom. The molecule has 0 spiro atoms. The summed E-state index contributed by atoms with van der Waals surface area (Å²) in [6.45, 7) is -0.473. The van der Waals surface area contributed by atoms with Gasteiger partial charge >= 0.3 is 5.97 Å². The van der Waals surface area contributed by atoms with Crippen LogP contribution in [0.25, 0.3) is 0 Å². The number of amides is 1. The highest BCUT2D eigenvalue weighted by Crippen LogP contribution is 2.14. The van der Waals surface area contributed by atoms with E-state index in [1.54, 1.807) is 0 Å². The highest BCUT2D eigenvalue weighted by molar-refractivity contribution is 7.89. The lowest BCUT2D eigenvalue weighted by Crippen LogP contribution is -2.36. The summed E-state index contributed by atoms with van der Waals surface area (Å²) in [7, 11) is -0.935. The van der Waals surface area contributed by atoms with Crippen molar-refractivity contribution in [3.63, 3.8) is 0 Å². The molecule has 9 heteroatoms. The van der Waals surface area contributed by atoms with Crippen LogP contribution in [0.15, 0.2) is 29.2 Å². The van der Waals surface area contributed by atoms with Crippen molar-refractivity contribution in [3.8, 4) is 0 Å². The van der Waals surface area contributed by atoms with Crippen molar-refractivity contribution in [2.24, 2.45) is 0 Å². The van der Waals surface area contributed by atoms with Crippen LogP contribution in [-0.2, 0) is 14.8 Å². The van der Waals surface area contributed by atoms with Crippen LogP contribution in [0, 0.1) is 0 Å². The Labute approximate surface area is 122 Å². The van der Waals surface area contributed by atoms with Gasteiger partial charge < -0.3 is 15.5 Å². The number of aliphatic carboxylic acids is 1. The number of carboxylic acid groups (broad SMARTS) is 1. The first-order valence-corrected chi connectivity index (χ1v) is 7.32. The molecule has 1 amide bonds. The molecule has 3 N–H and O–H groups in total. The van der Waals surface area contributed by atoms with Gasteiger partial charge in [-0.25, -0.2) is 17.5 Å². The fourth-order valence-electron chi connectivity index (χ4n) is 1.39. The molecule has 0 unspecified atom stereocenters. The van der Waals surface area contributed by atoms with Crippen molar-refractivity contribution in [3.05, 3.63) is 29.8 Å². The minimum absolute atomic E-state index is 0.0514. The zero-order valence-electron chi connectivity index (χ0n) is 11.5. The van der Waals surface area contributed by atoms with Crippen LogP contribution < -0.4 is 5.32 Å². The highest BCUT2D eigenvalue weighted by Gasteiger charge is 2.19. The molecule has 0 heterocycles. The van der Waals surface area contributed by atoms with Gasteiger partial charge in [0.1, 0.15) is 0 Å². The quantitative estimate of drug-likeness (QED) is 0.625. The topological polar surface area (TPSA) is 124 Å². The Hall–Kier alpha value is -1.97. The van der Waals surface area contributed by atoms with Crippen LogP contribution in [0.4, 0.5) is 0 Å². The van der Waals surface area contributed by atoms with Gasteiger partial charge in [0.2, 0.25) is 10.0 Å². The summed E-state index contributed by atoms with van der Waals surface area (Å²) in [6, 6.07) is 5.31. The number of hydrogen-bond acceptors (Lipinski definition) is 5. The van der Waals surface area contributed by atoms with Crippen molar-refractivity contribution in [1.82, 2.24) is 9.62 Å². The fraction of sp³-hybridized carbons (Fsp3) is 0.333.